The lowest BCUT2D eigenvalue weighted by Crippen LogP contribution is -1.21. The van der Waals surface area contributed by atoms with E-state index in [2.05, 4.69) is 15.9 Å². The zero-order chi connectivity index (χ0) is 6.12. The van der Waals surface area contributed by atoms with Crippen LogP contribution in [0.15, 0.2) is 11.1 Å². The first kappa shape index (κ1) is 11.0. The highest BCUT2D eigenvalue weighted by atomic mass is 79.9. The number of alkyl halides is 2. The predicted octanol–water partition coefficient (Wildman–Crippen LogP) is 3.51. The fourth-order valence-electron chi connectivity index (χ4n) is 0. The fourth-order valence-corrected chi connectivity index (χ4v) is 0. The average molecular weight is 226 g/mol. The first-order valence-corrected chi connectivity index (χ1v) is 3.83. The molecule has 0 saturated heterocycles. The summed E-state index contributed by atoms with van der Waals surface area (Å²) in [5.41, 5.74) is 2.48. The lowest BCUT2D eigenvalue weighted by Gasteiger charge is -1.44. The zero-order valence-electron chi connectivity index (χ0n) is 3.37. The van der Waals surface area contributed by atoms with Crippen LogP contribution in [0.25, 0.3) is 0 Å². The van der Waals surface area contributed by atoms with Crippen molar-refractivity contribution < 1.29 is 0 Å². The van der Waals surface area contributed by atoms with Gasteiger partial charge in [0.2, 0.25) is 0 Å². The van der Waals surface area contributed by atoms with Crippen molar-refractivity contribution in [3.63, 3.8) is 0 Å². The minimum atomic E-state index is 0.535. The van der Waals surface area contributed by atoms with Gasteiger partial charge in [-0.1, -0.05) is 39.1 Å². The van der Waals surface area contributed by atoms with Gasteiger partial charge >= 0.3 is 0 Å². The second kappa shape index (κ2) is 15.7. The predicted molar refractivity (Wildman–Crippen MR) is 40.5 cm³/mol. The lowest BCUT2D eigenvalue weighted by molar-refractivity contribution is 2.32. The summed E-state index contributed by atoms with van der Waals surface area (Å²) in [5.74, 6) is 0. The normalized spacial score (nSPS) is 8.00. The fraction of sp³-hybridized carbons (Fsp3) is 0.333. The quantitative estimate of drug-likeness (QED) is 0.554. The molecule has 0 atom stereocenters. The largest absolute Gasteiger partial charge is 0.114 e. The molecule has 0 amide bonds. The number of hydrogen-bond donors (Lipinski definition) is 0. The van der Waals surface area contributed by atoms with Crippen LogP contribution in [0.5, 0.6) is 0 Å². The highest BCUT2D eigenvalue weighted by Gasteiger charge is 1.41. The molecule has 0 rings (SSSR count). The van der Waals surface area contributed by atoms with Gasteiger partial charge in [0, 0.05) is 11.1 Å². The smallest absolute Gasteiger partial charge is 0.0778 e. The third kappa shape index (κ3) is 42.1. The Kier molecular flexibility index (Phi) is 24.6. The molecule has 0 radical (unpaired) electrons. The molecule has 0 aliphatic heterocycles. The molecule has 4 heteroatoms. The maximum absolute atomic E-state index is 4.92. The van der Waals surface area contributed by atoms with Crippen LogP contribution in [0.4, 0.5) is 0 Å². The SMILES string of the molecule is Cl/C=C\Cl.ClCBr. The Morgan fingerprint density at radius 2 is 1.43 bits per heavy atom. The number of halogens is 4. The van der Waals surface area contributed by atoms with Crippen LogP contribution >= 0.6 is 50.7 Å². The first-order valence-electron chi connectivity index (χ1n) is 1.30. The van der Waals surface area contributed by atoms with Gasteiger partial charge in [0.25, 0.3) is 0 Å². The summed E-state index contributed by atoms with van der Waals surface area (Å²) in [6.07, 6.45) is 0. The molecule has 0 aromatic carbocycles. The Morgan fingerprint density at radius 3 is 1.43 bits per heavy atom. The van der Waals surface area contributed by atoms with E-state index in [0.29, 0.717) is 4.79 Å². The molecule has 0 unspecified atom stereocenters. The summed E-state index contributed by atoms with van der Waals surface area (Å²) >= 11 is 17.6. The lowest BCUT2D eigenvalue weighted by atomic mass is 11.3. The van der Waals surface area contributed by atoms with E-state index >= 15 is 0 Å². The molecule has 0 aromatic heterocycles. The molecule has 7 heavy (non-hydrogen) atoms. The maximum atomic E-state index is 4.92. The van der Waals surface area contributed by atoms with E-state index in [4.69, 9.17) is 34.8 Å². The van der Waals surface area contributed by atoms with Crippen molar-refractivity contribution in [1.82, 2.24) is 0 Å². The summed E-state index contributed by atoms with van der Waals surface area (Å²) in [7, 11) is 0. The molecule has 0 aliphatic carbocycles. The Morgan fingerprint density at radius 1 is 1.29 bits per heavy atom. The van der Waals surface area contributed by atoms with Crippen LogP contribution < -0.4 is 0 Å². The molecule has 0 aromatic rings. The van der Waals surface area contributed by atoms with Crippen molar-refractivity contribution >= 4 is 50.7 Å². The van der Waals surface area contributed by atoms with Gasteiger partial charge in [-0.25, -0.2) is 0 Å². The van der Waals surface area contributed by atoms with Gasteiger partial charge in [0.05, 0.1) is 4.79 Å². The Bertz CT molecular complexity index is 33.2. The number of rotatable bonds is 0. The minimum absolute atomic E-state index is 0.535. The van der Waals surface area contributed by atoms with Gasteiger partial charge in [-0.05, 0) is 0 Å². The molecule has 0 fully saturated rings. The van der Waals surface area contributed by atoms with E-state index in [9.17, 15) is 0 Å². The van der Waals surface area contributed by atoms with Crippen LogP contribution in [-0.2, 0) is 0 Å². The van der Waals surface area contributed by atoms with Gasteiger partial charge in [-0.15, -0.1) is 11.6 Å². The summed E-state index contributed by atoms with van der Waals surface area (Å²) in [6, 6.07) is 0. The van der Waals surface area contributed by atoms with E-state index < -0.39 is 0 Å². The minimum Gasteiger partial charge on any atom is -0.114 e. The molecular formula is C3H4BrCl3. The van der Waals surface area contributed by atoms with Crippen molar-refractivity contribution in [3.8, 4) is 0 Å². The highest BCUT2D eigenvalue weighted by Crippen LogP contribution is 1.78. The third-order valence-electron chi connectivity index (χ3n) is 0.0476. The van der Waals surface area contributed by atoms with Gasteiger partial charge in [-0.2, -0.15) is 0 Å². The van der Waals surface area contributed by atoms with E-state index in [0.717, 1.165) is 0 Å². The molecule has 0 heterocycles. The summed E-state index contributed by atoms with van der Waals surface area (Å²) in [6.45, 7) is 0. The van der Waals surface area contributed by atoms with Crippen molar-refractivity contribution in [2.24, 2.45) is 0 Å². The van der Waals surface area contributed by atoms with Crippen molar-refractivity contribution in [2.75, 3.05) is 4.79 Å². The van der Waals surface area contributed by atoms with Crippen molar-refractivity contribution in [2.45, 2.75) is 0 Å². The van der Waals surface area contributed by atoms with Gasteiger partial charge < -0.3 is 0 Å². The molecular weight excluding hydrogens is 222 g/mol. The Labute approximate surface area is 66.6 Å². The maximum Gasteiger partial charge on any atom is 0.0778 e. The second-order valence-electron chi connectivity index (χ2n) is 0.353. The highest BCUT2D eigenvalue weighted by molar-refractivity contribution is 9.09. The average Bonchev–Trinajstić information content (AvgIpc) is 1.69. The Balaban J connectivity index is 0. The second-order valence-corrected chi connectivity index (χ2v) is 2.33. The van der Waals surface area contributed by atoms with Crippen molar-refractivity contribution in [3.05, 3.63) is 11.1 Å². The third-order valence-corrected chi connectivity index (χ3v) is 0.429. The van der Waals surface area contributed by atoms with Crippen molar-refractivity contribution in [1.29, 1.82) is 0 Å². The van der Waals surface area contributed by atoms with E-state index in [-0.39, 0.29) is 0 Å². The van der Waals surface area contributed by atoms with Crippen LogP contribution in [-0.4, -0.2) is 4.79 Å². The van der Waals surface area contributed by atoms with Gasteiger partial charge in [0.1, 0.15) is 0 Å². The molecule has 0 N–H and O–H groups in total. The standard InChI is InChI=1S/C2H2Cl2.CH2BrCl/c3-1-2-4;2-1-3/h1-2H;1H2/b2-1-;. The topological polar surface area (TPSA) is 0 Å². The summed E-state index contributed by atoms with van der Waals surface area (Å²) < 4.78 is 0. The summed E-state index contributed by atoms with van der Waals surface area (Å²) in [4.78, 5) is 0.535. The number of hydrogen-bond acceptors (Lipinski definition) is 0. The van der Waals surface area contributed by atoms with Gasteiger partial charge in [0.15, 0.2) is 0 Å². The summed E-state index contributed by atoms with van der Waals surface area (Å²) in [5, 5.41) is 0. The molecule has 0 nitrogen and oxygen atoms in total. The van der Waals surface area contributed by atoms with Crippen LogP contribution in [0, 0.1) is 0 Å². The molecule has 0 saturated carbocycles. The van der Waals surface area contributed by atoms with E-state index in [1.54, 1.807) is 0 Å². The molecule has 0 spiro atoms. The monoisotopic (exact) mass is 224 g/mol. The molecule has 44 valence electrons. The van der Waals surface area contributed by atoms with Crippen LogP contribution in [0.3, 0.4) is 0 Å². The van der Waals surface area contributed by atoms with Gasteiger partial charge in [-0.3, -0.25) is 0 Å². The van der Waals surface area contributed by atoms with E-state index in [1.807, 2.05) is 0 Å². The van der Waals surface area contributed by atoms with E-state index in [1.165, 1.54) is 11.1 Å². The zero-order valence-corrected chi connectivity index (χ0v) is 7.23. The van der Waals surface area contributed by atoms with Crippen LogP contribution in [0.2, 0.25) is 0 Å². The first-order chi connectivity index (χ1) is 3.33. The van der Waals surface area contributed by atoms with Crippen LogP contribution in [0.1, 0.15) is 0 Å². The molecule has 0 aliphatic rings. The molecule has 0 bridgehead atoms. The Hall–Kier alpha value is 1.09.